The second-order valence-electron chi connectivity index (χ2n) is 2.18. The SMILES string of the molecule is ClCc1ccc(Br)cc1CCl. The van der Waals surface area contributed by atoms with Crippen LogP contribution in [0.25, 0.3) is 0 Å². The van der Waals surface area contributed by atoms with Gasteiger partial charge in [0.25, 0.3) is 0 Å². The highest BCUT2D eigenvalue weighted by Crippen LogP contribution is 2.19. The second kappa shape index (κ2) is 4.34. The molecular formula is C8H7BrCl2. The van der Waals surface area contributed by atoms with E-state index in [1.54, 1.807) is 0 Å². The average molecular weight is 254 g/mol. The molecule has 0 aromatic heterocycles. The van der Waals surface area contributed by atoms with Crippen LogP contribution in [0.5, 0.6) is 0 Å². The average Bonchev–Trinajstić information content (AvgIpc) is 2.04. The van der Waals surface area contributed by atoms with Crippen LogP contribution in [0.4, 0.5) is 0 Å². The third kappa shape index (κ3) is 2.36. The molecule has 0 radical (unpaired) electrons. The smallest absolute Gasteiger partial charge is 0.0477 e. The highest BCUT2D eigenvalue weighted by Gasteiger charge is 1.99. The van der Waals surface area contributed by atoms with E-state index in [9.17, 15) is 0 Å². The molecule has 0 atom stereocenters. The minimum Gasteiger partial charge on any atom is -0.122 e. The van der Waals surface area contributed by atoms with Gasteiger partial charge in [0.2, 0.25) is 0 Å². The first-order chi connectivity index (χ1) is 5.27. The summed E-state index contributed by atoms with van der Waals surface area (Å²) in [7, 11) is 0. The lowest BCUT2D eigenvalue weighted by Crippen LogP contribution is -1.87. The number of hydrogen-bond donors (Lipinski definition) is 0. The van der Waals surface area contributed by atoms with Crippen molar-refractivity contribution < 1.29 is 0 Å². The maximum atomic E-state index is 5.70. The lowest BCUT2D eigenvalue weighted by molar-refractivity contribution is 1.26. The zero-order valence-electron chi connectivity index (χ0n) is 5.78. The largest absolute Gasteiger partial charge is 0.122 e. The number of halogens is 3. The Kier molecular flexibility index (Phi) is 3.70. The summed E-state index contributed by atoms with van der Waals surface area (Å²) in [5.41, 5.74) is 2.20. The Balaban J connectivity index is 3.06. The van der Waals surface area contributed by atoms with Crippen LogP contribution < -0.4 is 0 Å². The van der Waals surface area contributed by atoms with E-state index < -0.39 is 0 Å². The Labute approximate surface area is 84.6 Å². The van der Waals surface area contributed by atoms with Gasteiger partial charge in [-0.15, -0.1) is 23.2 Å². The van der Waals surface area contributed by atoms with Crippen LogP contribution in [-0.4, -0.2) is 0 Å². The summed E-state index contributed by atoms with van der Waals surface area (Å²) in [6.07, 6.45) is 0. The molecule has 1 aromatic rings. The molecule has 0 aliphatic carbocycles. The number of hydrogen-bond acceptors (Lipinski definition) is 0. The van der Waals surface area contributed by atoms with Crippen molar-refractivity contribution in [2.75, 3.05) is 0 Å². The minimum atomic E-state index is 0.515. The van der Waals surface area contributed by atoms with Crippen molar-refractivity contribution in [1.82, 2.24) is 0 Å². The molecule has 1 rings (SSSR count). The highest BCUT2D eigenvalue weighted by atomic mass is 79.9. The van der Waals surface area contributed by atoms with Gasteiger partial charge >= 0.3 is 0 Å². The van der Waals surface area contributed by atoms with Gasteiger partial charge in [0.05, 0.1) is 0 Å². The summed E-state index contributed by atoms with van der Waals surface area (Å²) in [6.45, 7) is 0. The van der Waals surface area contributed by atoms with Gasteiger partial charge in [-0.2, -0.15) is 0 Å². The molecule has 0 bridgehead atoms. The van der Waals surface area contributed by atoms with E-state index in [1.165, 1.54) is 0 Å². The van der Waals surface area contributed by atoms with E-state index >= 15 is 0 Å². The normalized spacial score (nSPS) is 10.1. The third-order valence-corrected chi connectivity index (χ3v) is 2.53. The van der Waals surface area contributed by atoms with E-state index in [2.05, 4.69) is 15.9 Å². The van der Waals surface area contributed by atoms with Gasteiger partial charge in [0.15, 0.2) is 0 Å². The van der Waals surface area contributed by atoms with Gasteiger partial charge in [-0.3, -0.25) is 0 Å². The fourth-order valence-electron chi connectivity index (χ4n) is 0.849. The van der Waals surface area contributed by atoms with Crippen molar-refractivity contribution in [1.29, 1.82) is 0 Å². The summed E-state index contributed by atoms with van der Waals surface area (Å²) >= 11 is 14.8. The molecule has 0 N–H and O–H groups in total. The van der Waals surface area contributed by atoms with Crippen molar-refractivity contribution in [3.05, 3.63) is 33.8 Å². The number of alkyl halides is 2. The predicted molar refractivity (Wildman–Crippen MR) is 53.3 cm³/mol. The second-order valence-corrected chi connectivity index (χ2v) is 3.63. The summed E-state index contributed by atoms with van der Waals surface area (Å²) in [4.78, 5) is 0. The maximum Gasteiger partial charge on any atom is 0.0477 e. The van der Waals surface area contributed by atoms with Gasteiger partial charge in [0.1, 0.15) is 0 Å². The monoisotopic (exact) mass is 252 g/mol. The Morgan fingerprint density at radius 2 is 1.73 bits per heavy atom. The molecule has 0 fully saturated rings. The fraction of sp³-hybridized carbons (Fsp3) is 0.250. The molecule has 1 aromatic carbocycles. The molecule has 0 amide bonds. The first-order valence-electron chi connectivity index (χ1n) is 3.17. The topological polar surface area (TPSA) is 0 Å². The Hall–Kier alpha value is 0.280. The molecule has 11 heavy (non-hydrogen) atoms. The van der Waals surface area contributed by atoms with Crippen LogP contribution in [0.1, 0.15) is 11.1 Å². The highest BCUT2D eigenvalue weighted by molar-refractivity contribution is 9.10. The quantitative estimate of drug-likeness (QED) is 0.701. The van der Waals surface area contributed by atoms with Crippen LogP contribution >= 0.6 is 39.1 Å². The predicted octanol–water partition coefficient (Wildman–Crippen LogP) is 3.93. The molecule has 0 unspecified atom stereocenters. The van der Waals surface area contributed by atoms with E-state index in [4.69, 9.17) is 23.2 Å². The van der Waals surface area contributed by atoms with Crippen LogP contribution in [0.15, 0.2) is 22.7 Å². The summed E-state index contributed by atoms with van der Waals surface area (Å²) in [5.74, 6) is 1.04. The molecule has 0 saturated carbocycles. The van der Waals surface area contributed by atoms with Crippen molar-refractivity contribution in [2.45, 2.75) is 11.8 Å². The lowest BCUT2D eigenvalue weighted by Gasteiger charge is -2.02. The molecule has 0 heterocycles. The zero-order valence-corrected chi connectivity index (χ0v) is 8.88. The summed E-state index contributed by atoms with van der Waals surface area (Å²) in [5, 5.41) is 0. The lowest BCUT2D eigenvalue weighted by atomic mass is 10.1. The molecular weight excluding hydrogens is 247 g/mol. The summed E-state index contributed by atoms with van der Waals surface area (Å²) in [6, 6.07) is 5.94. The summed E-state index contributed by atoms with van der Waals surface area (Å²) < 4.78 is 1.04. The van der Waals surface area contributed by atoms with E-state index in [-0.39, 0.29) is 0 Å². The molecule has 0 aliphatic rings. The molecule has 0 aliphatic heterocycles. The van der Waals surface area contributed by atoms with Crippen LogP contribution in [0, 0.1) is 0 Å². The third-order valence-electron chi connectivity index (χ3n) is 1.46. The van der Waals surface area contributed by atoms with E-state index in [0.717, 1.165) is 15.6 Å². The van der Waals surface area contributed by atoms with Gasteiger partial charge in [-0.25, -0.2) is 0 Å². The Morgan fingerprint density at radius 1 is 1.09 bits per heavy atom. The molecule has 0 nitrogen and oxygen atoms in total. The molecule has 3 heteroatoms. The number of benzene rings is 1. The minimum absolute atomic E-state index is 0.515. The Morgan fingerprint density at radius 3 is 2.27 bits per heavy atom. The van der Waals surface area contributed by atoms with Gasteiger partial charge < -0.3 is 0 Å². The molecule has 0 saturated heterocycles. The number of rotatable bonds is 2. The van der Waals surface area contributed by atoms with E-state index in [1.807, 2.05) is 18.2 Å². The van der Waals surface area contributed by atoms with E-state index in [0.29, 0.717) is 11.8 Å². The van der Waals surface area contributed by atoms with Gasteiger partial charge in [-0.05, 0) is 23.3 Å². The zero-order chi connectivity index (χ0) is 8.27. The van der Waals surface area contributed by atoms with Crippen LogP contribution in [0.2, 0.25) is 0 Å². The standard InChI is InChI=1S/C8H7BrCl2/c9-8-2-1-6(4-10)7(3-8)5-11/h1-3H,4-5H2. The first-order valence-corrected chi connectivity index (χ1v) is 5.03. The Bertz CT molecular complexity index is 248. The van der Waals surface area contributed by atoms with Crippen molar-refractivity contribution >= 4 is 39.1 Å². The van der Waals surface area contributed by atoms with Crippen molar-refractivity contribution in [2.24, 2.45) is 0 Å². The van der Waals surface area contributed by atoms with Crippen LogP contribution in [-0.2, 0) is 11.8 Å². The van der Waals surface area contributed by atoms with Crippen LogP contribution in [0.3, 0.4) is 0 Å². The fourth-order valence-corrected chi connectivity index (χ4v) is 1.77. The first kappa shape index (κ1) is 9.37. The molecule has 0 spiro atoms. The van der Waals surface area contributed by atoms with Gasteiger partial charge in [-0.1, -0.05) is 22.0 Å². The molecule has 60 valence electrons. The van der Waals surface area contributed by atoms with Crippen molar-refractivity contribution in [3.8, 4) is 0 Å². The maximum absolute atomic E-state index is 5.70. The van der Waals surface area contributed by atoms with Gasteiger partial charge in [0, 0.05) is 16.2 Å². The van der Waals surface area contributed by atoms with Crippen molar-refractivity contribution in [3.63, 3.8) is 0 Å².